The second-order valence-corrected chi connectivity index (χ2v) is 33.2. The zero-order valence-corrected chi connectivity index (χ0v) is 65.5. The van der Waals surface area contributed by atoms with Gasteiger partial charge in [-0.05, 0) is 24.7 Å². The molecule has 5 fully saturated rings. The number of aromatic nitrogens is 20. The minimum atomic E-state index is -5.76. The molecule has 0 radical (unpaired) electrons. The Balaban J connectivity index is 0.694. The normalized spacial score (nSPS) is 30.5. The molecule has 116 heavy (non-hydrogen) atoms. The smallest absolute Gasteiger partial charge is 0.387 e. The van der Waals surface area contributed by atoms with E-state index >= 15 is 0 Å². The molecule has 15 heterocycles. The maximum absolute atomic E-state index is 14.9. The number of methoxy groups -OCH3 is 5. The van der Waals surface area contributed by atoms with E-state index in [2.05, 4.69) is 87.7 Å². The molecule has 0 bridgehead atoms. The lowest BCUT2D eigenvalue weighted by Crippen LogP contribution is -2.39. The van der Waals surface area contributed by atoms with E-state index in [0.717, 1.165) is 42.3 Å². The summed E-state index contributed by atoms with van der Waals surface area (Å²) in [5, 5.41) is 11.5. The number of phosphoric ester groups is 3. The molecular weight excluding hydrogens is 1680 g/mol. The summed E-state index contributed by atoms with van der Waals surface area (Å²) in [6, 6.07) is 0. The number of H-pyrrole nitrogens is 3. The Morgan fingerprint density at radius 3 is 1.02 bits per heavy atom. The van der Waals surface area contributed by atoms with Gasteiger partial charge in [-0.25, -0.2) is 58.6 Å². The molecule has 55 nitrogen and oxygen atoms in total. The molecule has 0 saturated carbocycles. The molecule has 5 saturated heterocycles. The zero-order valence-electron chi connectivity index (χ0n) is 60.2. The van der Waals surface area contributed by atoms with E-state index in [0.29, 0.717) is 0 Å². The first kappa shape index (κ1) is 83.0. The van der Waals surface area contributed by atoms with Crippen LogP contribution in [0.25, 0.3) is 55.8 Å². The van der Waals surface area contributed by atoms with Crippen molar-refractivity contribution >= 4 is 140 Å². The van der Waals surface area contributed by atoms with Crippen molar-refractivity contribution in [1.82, 2.24) is 97.6 Å². The highest BCUT2D eigenvalue weighted by Crippen LogP contribution is 2.57. The number of nitrogen functional groups attached to an aromatic ring is 5. The Bertz CT molecular complexity index is 5710. The van der Waals surface area contributed by atoms with E-state index in [-0.39, 0.29) is 86.0 Å². The quantitative estimate of drug-likeness (QED) is 0.0113. The van der Waals surface area contributed by atoms with Crippen molar-refractivity contribution in [1.29, 1.82) is 0 Å². The van der Waals surface area contributed by atoms with Crippen LogP contribution in [0.4, 0.5) is 29.5 Å². The van der Waals surface area contributed by atoms with E-state index in [4.69, 9.17) is 128 Å². The van der Waals surface area contributed by atoms with Crippen molar-refractivity contribution in [2.45, 2.75) is 123 Å². The van der Waals surface area contributed by atoms with Gasteiger partial charge >= 0.3 is 30.2 Å². The third-order valence-electron chi connectivity index (χ3n) is 19.2. The lowest BCUT2D eigenvalue weighted by molar-refractivity contribution is -0.0650. The monoisotopic (exact) mass is 1750 g/mol. The summed E-state index contributed by atoms with van der Waals surface area (Å²) < 4.78 is 162. The largest absolute Gasteiger partial charge is 0.472 e. The molecule has 10 aromatic heterocycles. The summed E-state index contributed by atoms with van der Waals surface area (Å²) in [5.41, 5.74) is 26.9. The van der Waals surface area contributed by atoms with Crippen LogP contribution in [0.2, 0.25) is 0 Å². The van der Waals surface area contributed by atoms with Crippen LogP contribution in [0, 0.1) is 0 Å². The lowest BCUT2D eigenvalue weighted by atomic mass is 10.1. The minimum Gasteiger partial charge on any atom is -0.387 e. The number of phosphoric acid groups is 3. The molecule has 9 unspecified atom stereocenters. The number of rotatable bonds is 32. The van der Waals surface area contributed by atoms with Crippen LogP contribution >= 0.6 is 43.1 Å². The van der Waals surface area contributed by atoms with Crippen molar-refractivity contribution < 1.29 is 126 Å². The highest BCUT2D eigenvalue weighted by molar-refractivity contribution is 8.07. The molecule has 0 amide bonds. The fourth-order valence-corrected chi connectivity index (χ4v) is 18.6. The van der Waals surface area contributed by atoms with Crippen LogP contribution in [0.5, 0.6) is 0 Å². The van der Waals surface area contributed by atoms with Gasteiger partial charge in [0.25, 0.3) is 16.7 Å². The Kier molecular flexibility index (Phi) is 23.5. The van der Waals surface area contributed by atoms with Gasteiger partial charge in [0.15, 0.2) is 87.6 Å². The zero-order chi connectivity index (χ0) is 82.4. The first-order chi connectivity index (χ1) is 55.3. The number of aromatic amines is 3. The average molecular weight is 1750 g/mol. The van der Waals surface area contributed by atoms with Gasteiger partial charge in [0.1, 0.15) is 115 Å². The number of hydrogen-bond acceptors (Lipinski definition) is 45. The van der Waals surface area contributed by atoms with E-state index in [1.165, 1.54) is 60.3 Å². The number of hydrogen-bond donors (Lipinski definition) is 14. The summed E-state index contributed by atoms with van der Waals surface area (Å²) >= 11 is 9.42. The second kappa shape index (κ2) is 32.9. The van der Waals surface area contributed by atoms with Crippen LogP contribution in [-0.4, -0.2) is 282 Å². The third-order valence-corrected chi connectivity index (χ3v) is 23.8. The van der Waals surface area contributed by atoms with Gasteiger partial charge in [-0.2, -0.15) is 15.0 Å². The fourth-order valence-electron chi connectivity index (χ4n) is 14.1. The number of imidazole rings is 5. The summed E-state index contributed by atoms with van der Waals surface area (Å²) in [6.45, 7) is -9.08. The molecule has 628 valence electrons. The van der Waals surface area contributed by atoms with Crippen molar-refractivity contribution in [2.75, 3.05) is 97.3 Å². The number of fused-ring (bicyclic) bond motifs is 5. The lowest BCUT2D eigenvalue weighted by Gasteiger charge is -2.29. The number of nitrogens with two attached hydrogens (primary N) is 5. The molecule has 5 aliphatic rings. The number of aliphatic hydroxyl groups excluding tert-OH is 1. The van der Waals surface area contributed by atoms with Gasteiger partial charge in [-0.3, -0.25) is 83.8 Å². The highest BCUT2D eigenvalue weighted by atomic mass is 32.5. The number of ether oxygens (including phenoxy) is 10. The predicted molar refractivity (Wildman–Crippen MR) is 391 cm³/mol. The van der Waals surface area contributed by atoms with Gasteiger partial charge in [0.2, 0.25) is 17.8 Å². The topological polar surface area (TPSA) is 736 Å². The predicted octanol–water partition coefficient (Wildman–Crippen LogP) is -3.11. The molecular formula is C55H71N25O30P4S2. The van der Waals surface area contributed by atoms with Gasteiger partial charge < -0.3 is 109 Å². The molecule has 61 heteroatoms. The second-order valence-electron chi connectivity index (χ2n) is 25.9. The molecule has 0 aliphatic carbocycles. The summed E-state index contributed by atoms with van der Waals surface area (Å²) in [6.07, 6.45) is -22.5. The number of nitrogens with one attached hydrogen (secondary N) is 3. The van der Waals surface area contributed by atoms with Crippen LogP contribution < -0.4 is 45.3 Å². The highest BCUT2D eigenvalue weighted by Gasteiger charge is 2.58. The van der Waals surface area contributed by atoms with Gasteiger partial charge in [0, 0.05) is 35.5 Å². The number of nitrogens with zero attached hydrogens (tertiary/aromatic N) is 17. The molecule has 0 aromatic carbocycles. The van der Waals surface area contributed by atoms with Crippen LogP contribution in [0.3, 0.4) is 0 Å². The maximum Gasteiger partial charge on any atom is 0.472 e. The summed E-state index contributed by atoms with van der Waals surface area (Å²) in [7, 11) is -11.0. The van der Waals surface area contributed by atoms with Crippen LogP contribution in [-0.2, 0) is 113 Å². The Labute approximate surface area is 656 Å². The SMILES string of the molecule is CO[C@H]1C(O)[C@@H](COP(O)(=S)OC2[C@@H](COP(=O)(O)OC3[C@@H](COP(=O)(O)OC4[C@@H](COP(=O)(O)OC5[C@@H](COS)O[C@@H](n6cnc7c(N)ncnc76)[C@H]5OC)O[C@@H](n5cnc6c(=O)[nH]c(N)nc65)[C@H]4OC)O[C@@H](n4cnc5c(=O)[nH]c(N)nc54)[C@H]3OC)O[C@@H](n3cnc4c(=O)[nH]c(N)nc43)[C@H]2OC)O[C@H]1n1cnc2c(N)ncnc21. The van der Waals surface area contributed by atoms with Crippen LogP contribution in [0.15, 0.2) is 58.7 Å². The van der Waals surface area contributed by atoms with Gasteiger partial charge in [0.05, 0.1) is 64.7 Å². The standard InChI is InChI=1S/C55H71N25O30P4S2/c1-92-33-28(81)18(102-48(33)76-13-65-23-38(56)61-11-63-40(23)76)6-100-114(91,116)110-32-21(105-52(37(32)96-5)80-17-69-27-44(80)72-55(60)75-47(27)84)9-99-112(87,88)108-30-19(103-51(35(30)94-3)79-16-68-26-43(79)71-54(59)74-46(26)83)7-97-111(85,86)107-29-20(104-50(34(29)93-2)78-15-67-25-42(78)70-53(58)73-45(25)82)8-98-113(89,90)109-31-22(10-101-115)106-49(36(31)95-4)77-14-66-24-39(57)62-12-64-41(24)77/h11-22,28-37,48-52,81,115H,6-10H2,1-5H3,(H,85,86)(H,87,88)(H,89,90)(H,91,116)(H2,56,61,63)(H2,57,62,64)(H3,58,70,73,82)(H3,59,71,74,83)(H3,60,72,75,84)/t18-,19-,20-,21-,22-,28?,29?,30?,31?,32?,33+,34+,35+,36+,37+,48-,49-,50-,51-,52-,114?/m1/s1. The Hall–Kier alpha value is -8.12. The summed E-state index contributed by atoms with van der Waals surface area (Å²) in [5.74, 6) is -1.07. The van der Waals surface area contributed by atoms with E-state index in [1.807, 2.05) is 0 Å². The molecule has 24 atom stereocenters. The third kappa shape index (κ3) is 16.0. The maximum atomic E-state index is 14.9. The molecule has 0 spiro atoms. The van der Waals surface area contributed by atoms with E-state index < -0.39 is 202 Å². The van der Waals surface area contributed by atoms with Gasteiger partial charge in [-0.1, -0.05) is 0 Å². The first-order valence-corrected chi connectivity index (χ1v) is 41.3. The minimum absolute atomic E-state index is 0.0239. The Morgan fingerprint density at radius 2 is 0.690 bits per heavy atom. The molecule has 10 aromatic rings. The van der Waals surface area contributed by atoms with E-state index in [1.54, 1.807) is 0 Å². The summed E-state index contributed by atoms with van der Waals surface area (Å²) in [4.78, 5) is 144. The van der Waals surface area contributed by atoms with Crippen molar-refractivity contribution in [3.8, 4) is 0 Å². The van der Waals surface area contributed by atoms with Gasteiger partial charge in [-0.15, -0.1) is 0 Å². The number of thiol groups is 1. The Morgan fingerprint density at radius 1 is 0.405 bits per heavy atom. The molecule has 5 aliphatic heterocycles. The van der Waals surface area contributed by atoms with E-state index in [9.17, 15) is 52.8 Å². The number of aliphatic hydroxyl groups is 1. The van der Waals surface area contributed by atoms with Crippen LogP contribution in [0.1, 0.15) is 31.1 Å². The molecule has 18 N–H and O–H groups in total. The average Bonchev–Trinajstić information content (AvgIpc) is 1.62. The first-order valence-electron chi connectivity index (χ1n) is 33.9. The fraction of sp³-hybridized carbons (Fsp3) is 0.545. The van der Waals surface area contributed by atoms with Crippen molar-refractivity contribution in [2.24, 2.45) is 0 Å². The van der Waals surface area contributed by atoms with Crippen molar-refractivity contribution in [3.63, 3.8) is 0 Å². The number of anilines is 5. The molecule has 15 rings (SSSR count). The van der Waals surface area contributed by atoms with Crippen molar-refractivity contribution in [3.05, 3.63) is 75.4 Å².